The van der Waals surface area contributed by atoms with Crippen LogP contribution in [0.15, 0.2) is 24.4 Å². The Bertz CT molecular complexity index is 519. The van der Waals surface area contributed by atoms with E-state index in [9.17, 15) is 10.1 Å². The zero-order chi connectivity index (χ0) is 11.5. The van der Waals surface area contributed by atoms with Crippen LogP contribution in [0.5, 0.6) is 5.75 Å². The topological polar surface area (TPSA) is 68.2 Å². The number of nitro groups is 1. The van der Waals surface area contributed by atoms with E-state index in [1.807, 2.05) is 18.2 Å². The summed E-state index contributed by atoms with van der Waals surface area (Å²) in [6.45, 7) is -0.0645. The molecule has 0 bridgehead atoms. The number of methoxy groups -OCH3 is 1. The highest BCUT2D eigenvalue weighted by Gasteiger charge is 2.10. The molecule has 0 aliphatic carbocycles. The summed E-state index contributed by atoms with van der Waals surface area (Å²) in [6.07, 6.45) is 2.21. The van der Waals surface area contributed by atoms with E-state index in [2.05, 4.69) is 4.98 Å². The van der Waals surface area contributed by atoms with Crippen LogP contribution in [0.1, 0.15) is 5.56 Å². The minimum atomic E-state index is -0.311. The first kappa shape index (κ1) is 10.5. The number of aromatic amines is 1. The lowest BCUT2D eigenvalue weighted by atomic mass is 10.1. The molecule has 0 aliphatic heterocycles. The molecule has 5 heteroatoms. The Morgan fingerprint density at radius 3 is 3.00 bits per heavy atom. The number of ether oxygens (including phenoxy) is 1. The maximum Gasteiger partial charge on any atom is 0.207 e. The third-order valence-electron chi connectivity index (χ3n) is 2.53. The van der Waals surface area contributed by atoms with Gasteiger partial charge in [-0.05, 0) is 17.7 Å². The highest BCUT2D eigenvalue weighted by atomic mass is 16.6. The van der Waals surface area contributed by atoms with Crippen molar-refractivity contribution < 1.29 is 9.66 Å². The standard InChI is InChI=1S/C11H12N2O3/c1-16-10-4-2-3-9-11(10)8(7-12-9)5-6-13(14)15/h2-4,7,12H,5-6H2,1H3. The number of benzene rings is 1. The molecule has 16 heavy (non-hydrogen) atoms. The minimum absolute atomic E-state index is 0.0645. The maximum atomic E-state index is 10.3. The summed E-state index contributed by atoms with van der Waals surface area (Å²) < 4.78 is 5.24. The van der Waals surface area contributed by atoms with Gasteiger partial charge in [0.05, 0.1) is 7.11 Å². The van der Waals surface area contributed by atoms with Crippen molar-refractivity contribution in [3.8, 4) is 5.75 Å². The summed E-state index contributed by atoms with van der Waals surface area (Å²) in [6, 6.07) is 5.66. The van der Waals surface area contributed by atoms with E-state index < -0.39 is 0 Å². The fourth-order valence-electron chi connectivity index (χ4n) is 1.80. The van der Waals surface area contributed by atoms with Gasteiger partial charge in [-0.3, -0.25) is 10.1 Å². The molecular weight excluding hydrogens is 208 g/mol. The van der Waals surface area contributed by atoms with Crippen molar-refractivity contribution in [3.05, 3.63) is 40.1 Å². The van der Waals surface area contributed by atoms with Gasteiger partial charge < -0.3 is 9.72 Å². The quantitative estimate of drug-likeness (QED) is 0.632. The molecule has 0 amide bonds. The van der Waals surface area contributed by atoms with Gasteiger partial charge in [-0.1, -0.05) is 6.07 Å². The lowest BCUT2D eigenvalue weighted by Gasteiger charge is -2.03. The van der Waals surface area contributed by atoms with Crippen LogP contribution in [0.2, 0.25) is 0 Å². The second kappa shape index (κ2) is 4.22. The summed E-state index contributed by atoms with van der Waals surface area (Å²) in [7, 11) is 1.60. The number of rotatable bonds is 4. The Morgan fingerprint density at radius 2 is 2.31 bits per heavy atom. The van der Waals surface area contributed by atoms with Gasteiger partial charge in [0.1, 0.15) is 5.75 Å². The summed E-state index contributed by atoms with van der Waals surface area (Å²) in [5, 5.41) is 11.3. The number of nitrogens with one attached hydrogen (secondary N) is 1. The number of nitrogens with zero attached hydrogens (tertiary/aromatic N) is 1. The van der Waals surface area contributed by atoms with E-state index in [0.29, 0.717) is 6.42 Å². The smallest absolute Gasteiger partial charge is 0.207 e. The maximum absolute atomic E-state index is 10.3. The first-order valence-electron chi connectivity index (χ1n) is 4.97. The normalized spacial score (nSPS) is 10.6. The highest BCUT2D eigenvalue weighted by molar-refractivity contribution is 5.89. The predicted octanol–water partition coefficient (Wildman–Crippen LogP) is 2.00. The predicted molar refractivity (Wildman–Crippen MR) is 60.4 cm³/mol. The molecule has 1 N–H and O–H groups in total. The summed E-state index contributed by atoms with van der Waals surface area (Å²) >= 11 is 0. The molecule has 1 aromatic heterocycles. The Balaban J connectivity index is 2.41. The Labute approximate surface area is 92.2 Å². The lowest BCUT2D eigenvalue weighted by molar-refractivity contribution is -0.479. The monoisotopic (exact) mass is 220 g/mol. The van der Waals surface area contributed by atoms with Crippen LogP contribution in [-0.2, 0) is 6.42 Å². The molecule has 0 saturated carbocycles. The SMILES string of the molecule is COc1cccc2[nH]cc(CC[N+](=O)[O-])c12. The van der Waals surface area contributed by atoms with Crippen molar-refractivity contribution in [2.75, 3.05) is 13.7 Å². The fraction of sp³-hybridized carbons (Fsp3) is 0.273. The summed E-state index contributed by atoms with van der Waals surface area (Å²) in [4.78, 5) is 13.1. The molecule has 0 atom stereocenters. The van der Waals surface area contributed by atoms with Crippen molar-refractivity contribution >= 4 is 10.9 Å². The lowest BCUT2D eigenvalue weighted by Crippen LogP contribution is -2.03. The molecule has 0 spiro atoms. The van der Waals surface area contributed by atoms with Crippen LogP contribution in [-0.4, -0.2) is 23.6 Å². The summed E-state index contributed by atoms with van der Waals surface area (Å²) in [5.74, 6) is 0.747. The molecule has 1 heterocycles. The van der Waals surface area contributed by atoms with Crippen LogP contribution in [0.4, 0.5) is 0 Å². The average Bonchev–Trinajstić information content (AvgIpc) is 2.69. The first-order valence-corrected chi connectivity index (χ1v) is 4.97. The molecule has 0 aliphatic rings. The van der Waals surface area contributed by atoms with Gasteiger partial charge in [0.15, 0.2) is 0 Å². The third kappa shape index (κ3) is 1.84. The molecule has 0 fully saturated rings. The van der Waals surface area contributed by atoms with Gasteiger partial charge in [0, 0.05) is 28.4 Å². The van der Waals surface area contributed by atoms with Gasteiger partial charge >= 0.3 is 0 Å². The van der Waals surface area contributed by atoms with Crippen molar-refractivity contribution in [2.45, 2.75) is 6.42 Å². The number of hydrogen-bond donors (Lipinski definition) is 1. The van der Waals surface area contributed by atoms with E-state index in [4.69, 9.17) is 4.74 Å². The Kier molecular flexibility index (Phi) is 2.76. The second-order valence-corrected chi connectivity index (χ2v) is 3.50. The third-order valence-corrected chi connectivity index (χ3v) is 2.53. The Hall–Kier alpha value is -2.04. The zero-order valence-electron chi connectivity index (χ0n) is 8.90. The van der Waals surface area contributed by atoms with E-state index in [1.165, 1.54) is 0 Å². The van der Waals surface area contributed by atoms with Gasteiger partial charge in [-0.2, -0.15) is 0 Å². The second-order valence-electron chi connectivity index (χ2n) is 3.50. The molecular formula is C11H12N2O3. The fourth-order valence-corrected chi connectivity index (χ4v) is 1.80. The van der Waals surface area contributed by atoms with Crippen molar-refractivity contribution in [3.63, 3.8) is 0 Å². The largest absolute Gasteiger partial charge is 0.496 e. The van der Waals surface area contributed by atoms with Crippen molar-refractivity contribution in [1.82, 2.24) is 4.98 Å². The highest BCUT2D eigenvalue weighted by Crippen LogP contribution is 2.28. The minimum Gasteiger partial charge on any atom is -0.496 e. The van der Waals surface area contributed by atoms with Gasteiger partial charge in [-0.15, -0.1) is 0 Å². The molecule has 0 saturated heterocycles. The molecule has 2 aromatic rings. The van der Waals surface area contributed by atoms with Crippen LogP contribution < -0.4 is 4.74 Å². The van der Waals surface area contributed by atoms with Crippen LogP contribution >= 0.6 is 0 Å². The van der Waals surface area contributed by atoms with Crippen LogP contribution in [0.3, 0.4) is 0 Å². The zero-order valence-corrected chi connectivity index (χ0v) is 8.90. The van der Waals surface area contributed by atoms with Gasteiger partial charge in [0.2, 0.25) is 6.54 Å². The molecule has 1 aromatic carbocycles. The van der Waals surface area contributed by atoms with Crippen LogP contribution in [0.25, 0.3) is 10.9 Å². The van der Waals surface area contributed by atoms with Crippen molar-refractivity contribution in [1.29, 1.82) is 0 Å². The van der Waals surface area contributed by atoms with E-state index in [1.54, 1.807) is 13.3 Å². The Morgan fingerprint density at radius 1 is 1.50 bits per heavy atom. The molecule has 0 unspecified atom stereocenters. The average molecular weight is 220 g/mol. The van der Waals surface area contributed by atoms with E-state index in [-0.39, 0.29) is 11.5 Å². The molecule has 84 valence electrons. The van der Waals surface area contributed by atoms with E-state index in [0.717, 1.165) is 22.2 Å². The number of fused-ring (bicyclic) bond motifs is 1. The molecule has 0 radical (unpaired) electrons. The molecule has 2 rings (SSSR count). The first-order chi connectivity index (χ1) is 7.72. The van der Waals surface area contributed by atoms with Crippen molar-refractivity contribution in [2.24, 2.45) is 0 Å². The van der Waals surface area contributed by atoms with Crippen LogP contribution in [0, 0.1) is 10.1 Å². The van der Waals surface area contributed by atoms with Gasteiger partial charge in [-0.25, -0.2) is 0 Å². The number of H-pyrrole nitrogens is 1. The van der Waals surface area contributed by atoms with Gasteiger partial charge in [0.25, 0.3) is 0 Å². The van der Waals surface area contributed by atoms with E-state index >= 15 is 0 Å². The molecule has 5 nitrogen and oxygen atoms in total. The number of aromatic nitrogens is 1. The summed E-state index contributed by atoms with van der Waals surface area (Å²) in [5.41, 5.74) is 1.86. The number of hydrogen-bond acceptors (Lipinski definition) is 3.